The molecule has 1 aromatic carbocycles. The molecule has 1 saturated carbocycles. The maximum Gasteiger partial charge on any atom is 0.503 e. The molecule has 0 atom stereocenters. The van der Waals surface area contributed by atoms with Crippen LogP contribution in [0.2, 0.25) is 0 Å². The molecule has 0 aliphatic heterocycles. The highest BCUT2D eigenvalue weighted by atomic mass is 16.6. The highest BCUT2D eigenvalue weighted by Gasteiger charge is 2.06. The second-order valence-electron chi connectivity index (χ2n) is 3.84. The van der Waals surface area contributed by atoms with E-state index in [0.29, 0.717) is 6.04 Å². The molecule has 1 fully saturated rings. The van der Waals surface area contributed by atoms with Crippen LogP contribution in [-0.4, -0.2) is 22.4 Å². The minimum Gasteiger partial charge on any atom is -0.450 e. The van der Waals surface area contributed by atoms with Crippen molar-refractivity contribution in [2.75, 3.05) is 0 Å². The molecule has 0 heterocycles. The fourth-order valence-corrected chi connectivity index (χ4v) is 1.52. The first-order chi connectivity index (χ1) is 8.13. The van der Waals surface area contributed by atoms with E-state index in [2.05, 4.69) is 0 Å². The number of carbonyl (C=O) groups is 1. The lowest BCUT2D eigenvalue weighted by atomic mass is 9.97. The number of rotatable bonds is 0. The zero-order valence-electron chi connectivity index (χ0n) is 9.96. The third-order valence-electron chi connectivity index (χ3n) is 2.32. The minimum absolute atomic E-state index is 0.536. The Bertz CT molecular complexity index is 241. The summed E-state index contributed by atoms with van der Waals surface area (Å²) in [5.41, 5.74) is 5.63. The Labute approximate surface area is 102 Å². The first-order valence-electron chi connectivity index (χ1n) is 5.80. The molecule has 0 unspecified atom stereocenters. The highest BCUT2D eigenvalue weighted by molar-refractivity contribution is 5.53. The first kappa shape index (κ1) is 15.4. The lowest BCUT2D eigenvalue weighted by Gasteiger charge is -2.15. The maximum atomic E-state index is 8.56. The topological polar surface area (TPSA) is 83.6 Å². The van der Waals surface area contributed by atoms with Gasteiger partial charge in [-0.2, -0.15) is 0 Å². The number of hydrogen-bond donors (Lipinski definition) is 3. The van der Waals surface area contributed by atoms with Crippen LogP contribution in [-0.2, 0) is 0 Å². The molecule has 0 radical (unpaired) electrons. The van der Waals surface area contributed by atoms with E-state index in [0.717, 1.165) is 0 Å². The van der Waals surface area contributed by atoms with Crippen molar-refractivity contribution in [3.8, 4) is 0 Å². The van der Waals surface area contributed by atoms with Crippen molar-refractivity contribution >= 4 is 6.16 Å². The van der Waals surface area contributed by atoms with Gasteiger partial charge in [0.25, 0.3) is 0 Å². The normalized spacial score (nSPS) is 14.6. The zero-order valence-corrected chi connectivity index (χ0v) is 9.96. The Morgan fingerprint density at radius 3 is 1.35 bits per heavy atom. The average molecular weight is 239 g/mol. The minimum atomic E-state index is -1.83. The summed E-state index contributed by atoms with van der Waals surface area (Å²) in [6, 6.07) is 12.5. The van der Waals surface area contributed by atoms with E-state index < -0.39 is 6.16 Å². The van der Waals surface area contributed by atoms with Crippen molar-refractivity contribution in [2.24, 2.45) is 5.73 Å². The molecule has 4 heteroatoms. The summed E-state index contributed by atoms with van der Waals surface area (Å²) in [5, 5.41) is 13.9. The van der Waals surface area contributed by atoms with Gasteiger partial charge in [-0.05, 0) is 12.8 Å². The predicted octanol–water partition coefficient (Wildman–Crippen LogP) is 3.19. The molecule has 4 nitrogen and oxygen atoms in total. The van der Waals surface area contributed by atoms with E-state index in [1.54, 1.807) is 0 Å². The molecular formula is C13H21NO3. The molecule has 1 aromatic rings. The molecule has 0 spiro atoms. The second-order valence-corrected chi connectivity index (χ2v) is 3.84. The SMILES string of the molecule is NC1CCCCC1.O=C(O)O.c1ccccc1. The molecular weight excluding hydrogens is 218 g/mol. The van der Waals surface area contributed by atoms with Crippen molar-refractivity contribution in [3.63, 3.8) is 0 Å². The standard InChI is InChI=1S/C6H13N.C6H6.CH2O3/c7-6-4-2-1-3-5-6;1-2-4-6-5-3-1;2-1(3)4/h6H,1-5,7H2;1-6H;(H2,2,3,4). The van der Waals surface area contributed by atoms with Gasteiger partial charge in [0, 0.05) is 6.04 Å². The van der Waals surface area contributed by atoms with Crippen molar-refractivity contribution in [2.45, 2.75) is 38.1 Å². The van der Waals surface area contributed by atoms with Crippen LogP contribution in [0, 0.1) is 0 Å². The van der Waals surface area contributed by atoms with Crippen LogP contribution in [0.1, 0.15) is 32.1 Å². The summed E-state index contributed by atoms with van der Waals surface area (Å²) in [6.45, 7) is 0. The van der Waals surface area contributed by atoms with E-state index in [1.807, 2.05) is 36.4 Å². The molecule has 1 aliphatic carbocycles. The lowest BCUT2D eigenvalue weighted by Crippen LogP contribution is -2.22. The third kappa shape index (κ3) is 14.5. The van der Waals surface area contributed by atoms with Gasteiger partial charge >= 0.3 is 6.16 Å². The van der Waals surface area contributed by atoms with Gasteiger partial charge in [0.15, 0.2) is 0 Å². The molecule has 2 rings (SSSR count). The number of nitrogens with two attached hydrogens (primary N) is 1. The van der Waals surface area contributed by atoms with Crippen LogP contribution in [0.25, 0.3) is 0 Å². The van der Waals surface area contributed by atoms with Crippen molar-refractivity contribution in [1.29, 1.82) is 0 Å². The van der Waals surface area contributed by atoms with Crippen LogP contribution >= 0.6 is 0 Å². The summed E-state index contributed by atoms with van der Waals surface area (Å²) in [7, 11) is 0. The smallest absolute Gasteiger partial charge is 0.450 e. The largest absolute Gasteiger partial charge is 0.503 e. The number of hydrogen-bond acceptors (Lipinski definition) is 2. The molecule has 1 aliphatic rings. The van der Waals surface area contributed by atoms with E-state index in [9.17, 15) is 0 Å². The van der Waals surface area contributed by atoms with E-state index in [-0.39, 0.29) is 0 Å². The monoisotopic (exact) mass is 239 g/mol. The van der Waals surface area contributed by atoms with E-state index in [4.69, 9.17) is 20.7 Å². The number of carboxylic acid groups (broad SMARTS) is 2. The summed E-state index contributed by atoms with van der Waals surface area (Å²) in [4.78, 5) is 8.56. The average Bonchev–Trinajstić information content (AvgIpc) is 2.32. The fraction of sp³-hybridized carbons (Fsp3) is 0.462. The van der Waals surface area contributed by atoms with Gasteiger partial charge in [-0.1, -0.05) is 55.7 Å². The van der Waals surface area contributed by atoms with Gasteiger partial charge in [-0.15, -0.1) is 0 Å². The van der Waals surface area contributed by atoms with Gasteiger partial charge in [0.05, 0.1) is 0 Å². The van der Waals surface area contributed by atoms with Crippen molar-refractivity contribution in [3.05, 3.63) is 36.4 Å². The van der Waals surface area contributed by atoms with Gasteiger partial charge < -0.3 is 15.9 Å². The van der Waals surface area contributed by atoms with E-state index >= 15 is 0 Å². The van der Waals surface area contributed by atoms with Crippen LogP contribution in [0.15, 0.2) is 36.4 Å². The van der Waals surface area contributed by atoms with E-state index in [1.165, 1.54) is 32.1 Å². The maximum absolute atomic E-state index is 8.56. The van der Waals surface area contributed by atoms with Crippen LogP contribution < -0.4 is 5.73 Å². The molecule has 0 bridgehead atoms. The van der Waals surface area contributed by atoms with Crippen molar-refractivity contribution in [1.82, 2.24) is 0 Å². The predicted molar refractivity (Wildman–Crippen MR) is 68.2 cm³/mol. The first-order valence-corrected chi connectivity index (χ1v) is 5.80. The van der Waals surface area contributed by atoms with Gasteiger partial charge in [0.2, 0.25) is 0 Å². The summed E-state index contributed by atoms with van der Waals surface area (Å²) in [5.74, 6) is 0. The highest BCUT2D eigenvalue weighted by Crippen LogP contribution is 2.14. The van der Waals surface area contributed by atoms with Gasteiger partial charge in [-0.3, -0.25) is 0 Å². The Balaban J connectivity index is 0.000000236. The molecule has 96 valence electrons. The summed E-state index contributed by atoms with van der Waals surface area (Å²) in [6.07, 6.45) is 4.83. The zero-order chi connectivity index (χ0) is 12.9. The van der Waals surface area contributed by atoms with Gasteiger partial charge in [-0.25, -0.2) is 4.79 Å². The summed E-state index contributed by atoms with van der Waals surface area (Å²) >= 11 is 0. The second kappa shape index (κ2) is 11.0. The van der Waals surface area contributed by atoms with Crippen molar-refractivity contribution < 1.29 is 15.0 Å². The molecule has 4 N–H and O–H groups in total. The number of benzene rings is 1. The molecule has 0 amide bonds. The molecule has 0 saturated heterocycles. The quantitative estimate of drug-likeness (QED) is 0.649. The molecule has 0 aromatic heterocycles. The molecule has 17 heavy (non-hydrogen) atoms. The van der Waals surface area contributed by atoms with Crippen LogP contribution in [0.5, 0.6) is 0 Å². The Kier molecular flexibility index (Phi) is 9.95. The fourth-order valence-electron chi connectivity index (χ4n) is 1.52. The van der Waals surface area contributed by atoms with Crippen LogP contribution in [0.3, 0.4) is 0 Å². The Hall–Kier alpha value is -1.55. The van der Waals surface area contributed by atoms with Gasteiger partial charge in [0.1, 0.15) is 0 Å². The lowest BCUT2D eigenvalue weighted by molar-refractivity contribution is 0.137. The Morgan fingerprint density at radius 1 is 0.882 bits per heavy atom. The Morgan fingerprint density at radius 2 is 1.18 bits per heavy atom. The summed E-state index contributed by atoms with van der Waals surface area (Å²) < 4.78 is 0. The van der Waals surface area contributed by atoms with Crippen LogP contribution in [0.4, 0.5) is 4.79 Å². The third-order valence-corrected chi connectivity index (χ3v) is 2.32.